The number of aromatic amines is 1. The lowest BCUT2D eigenvalue weighted by Gasteiger charge is -2.36. The Hall–Kier alpha value is -6.69. The van der Waals surface area contributed by atoms with Gasteiger partial charge in [-0.3, -0.25) is 14.3 Å². The lowest BCUT2D eigenvalue weighted by atomic mass is 9.94. The number of imidazole rings is 1. The molecular formula is C45H39F5N10O2S. The molecule has 1 aliphatic heterocycles. The lowest BCUT2D eigenvalue weighted by molar-refractivity contribution is -0.122. The monoisotopic (exact) mass is 878 g/mol. The number of nitrogens with one attached hydrogen (secondary N) is 2. The molecule has 63 heavy (non-hydrogen) atoms. The highest BCUT2D eigenvalue weighted by atomic mass is 32.1. The number of hydrogen-bond acceptors (Lipinski definition) is 9. The average molecular weight is 879 g/mol. The van der Waals surface area contributed by atoms with Crippen molar-refractivity contribution in [3.8, 4) is 22.5 Å². The van der Waals surface area contributed by atoms with Gasteiger partial charge in [-0.25, -0.2) is 31.9 Å². The summed E-state index contributed by atoms with van der Waals surface area (Å²) in [4.78, 5) is 48.3. The van der Waals surface area contributed by atoms with Gasteiger partial charge in [-0.05, 0) is 97.3 Å². The number of nitrogens with two attached hydrogens (primary N) is 1. The number of aromatic nitrogens is 6. The van der Waals surface area contributed by atoms with Gasteiger partial charge in [-0.15, -0.1) is 0 Å². The highest BCUT2D eigenvalue weighted by molar-refractivity contribution is 7.22. The van der Waals surface area contributed by atoms with Gasteiger partial charge in [0.1, 0.15) is 35.5 Å². The number of halogens is 5. The van der Waals surface area contributed by atoms with Crippen LogP contribution in [0.25, 0.3) is 32.9 Å². The van der Waals surface area contributed by atoms with E-state index in [1.807, 2.05) is 12.1 Å². The molecule has 3 aromatic carbocycles. The van der Waals surface area contributed by atoms with E-state index in [0.29, 0.717) is 76.4 Å². The van der Waals surface area contributed by atoms with Crippen LogP contribution >= 0.6 is 11.3 Å². The Morgan fingerprint density at radius 1 is 0.905 bits per heavy atom. The second kappa shape index (κ2) is 16.2. The number of alkyl halides is 2. The van der Waals surface area contributed by atoms with Crippen molar-refractivity contribution in [3.63, 3.8) is 0 Å². The fourth-order valence-corrected chi connectivity index (χ4v) is 10.1. The predicted molar refractivity (Wildman–Crippen MR) is 227 cm³/mol. The minimum absolute atomic E-state index is 0.0439. The van der Waals surface area contributed by atoms with Crippen molar-refractivity contribution in [2.45, 2.75) is 50.6 Å². The maximum Gasteiger partial charge on any atom is 0.282 e. The van der Waals surface area contributed by atoms with E-state index in [-0.39, 0.29) is 34.9 Å². The summed E-state index contributed by atoms with van der Waals surface area (Å²) in [6.07, 6.45) is 2.59. The van der Waals surface area contributed by atoms with Crippen LogP contribution in [0.5, 0.6) is 0 Å². The quantitative estimate of drug-likeness (QED) is 0.105. The van der Waals surface area contributed by atoms with Crippen LogP contribution in [0.15, 0.2) is 79.1 Å². The number of piperazine rings is 1. The zero-order chi connectivity index (χ0) is 43.5. The molecule has 322 valence electrons. The summed E-state index contributed by atoms with van der Waals surface area (Å²) >= 11 is 1.39. The Morgan fingerprint density at radius 3 is 2.37 bits per heavy atom. The Labute approximate surface area is 361 Å². The summed E-state index contributed by atoms with van der Waals surface area (Å²) in [7, 11) is 0. The van der Waals surface area contributed by atoms with Crippen LogP contribution in [0.2, 0.25) is 0 Å². The summed E-state index contributed by atoms with van der Waals surface area (Å²) in [6.45, 7) is 2.32. The van der Waals surface area contributed by atoms with Gasteiger partial charge in [0, 0.05) is 78.6 Å². The van der Waals surface area contributed by atoms with Crippen LogP contribution in [-0.4, -0.2) is 67.7 Å². The van der Waals surface area contributed by atoms with Crippen LogP contribution in [0.3, 0.4) is 0 Å². The van der Waals surface area contributed by atoms with Crippen molar-refractivity contribution in [1.29, 1.82) is 0 Å². The molecule has 18 heteroatoms. The second-order valence-electron chi connectivity index (χ2n) is 16.2. The Morgan fingerprint density at radius 2 is 1.65 bits per heavy atom. The molecule has 3 atom stereocenters. The first-order valence-electron chi connectivity index (χ1n) is 20.6. The Balaban J connectivity index is 0.998. The van der Waals surface area contributed by atoms with E-state index in [1.165, 1.54) is 28.2 Å². The molecule has 0 radical (unpaired) electrons. The molecule has 3 aliphatic rings. The molecule has 4 N–H and O–H groups in total. The smallest absolute Gasteiger partial charge is 0.282 e. The number of carbonyl (C=O) groups excluding carboxylic acids is 2. The summed E-state index contributed by atoms with van der Waals surface area (Å²) < 4.78 is 74.6. The fraction of sp³-hybridized carbons (Fsp3) is 0.289. The van der Waals surface area contributed by atoms with Crippen molar-refractivity contribution in [3.05, 3.63) is 130 Å². The molecule has 3 unspecified atom stereocenters. The number of hydrogen-bond donors (Lipinski definition) is 3. The van der Waals surface area contributed by atoms with Gasteiger partial charge in [0.2, 0.25) is 5.91 Å². The van der Waals surface area contributed by atoms with Gasteiger partial charge in [0.05, 0.1) is 22.0 Å². The van der Waals surface area contributed by atoms with Gasteiger partial charge >= 0.3 is 0 Å². The van der Waals surface area contributed by atoms with Crippen LogP contribution in [0.4, 0.5) is 32.8 Å². The first-order valence-corrected chi connectivity index (χ1v) is 21.4. The molecule has 7 aromatic rings. The maximum absolute atomic E-state index is 14.9. The van der Waals surface area contributed by atoms with Crippen molar-refractivity contribution >= 4 is 44.3 Å². The van der Waals surface area contributed by atoms with E-state index >= 15 is 0 Å². The predicted octanol–water partition coefficient (Wildman–Crippen LogP) is 7.88. The number of benzene rings is 3. The zero-order valence-electron chi connectivity index (χ0n) is 33.5. The molecule has 0 spiro atoms. The summed E-state index contributed by atoms with van der Waals surface area (Å²) in [5.41, 5.74) is 9.48. The first kappa shape index (κ1) is 40.4. The third kappa shape index (κ3) is 7.98. The van der Waals surface area contributed by atoms with Crippen LogP contribution < -0.4 is 20.9 Å². The minimum Gasteiger partial charge on any atom is -0.368 e. The van der Waals surface area contributed by atoms with E-state index in [1.54, 1.807) is 18.5 Å². The molecule has 2 amide bonds. The van der Waals surface area contributed by atoms with Crippen molar-refractivity contribution in [2.24, 2.45) is 11.7 Å². The van der Waals surface area contributed by atoms with E-state index in [0.717, 1.165) is 54.2 Å². The summed E-state index contributed by atoms with van der Waals surface area (Å²) in [5, 5.41) is 7.86. The molecule has 1 saturated heterocycles. The van der Waals surface area contributed by atoms with Gasteiger partial charge in [0.15, 0.2) is 10.8 Å². The SMILES string of the molecule is NC(=O)c1cc(-c2cc3sc(N4CCN(c5ccc(-c6ncc[nH]6)cc5)CC4)nc3nc2C(Cc2cc(F)cc(F)c2)NC(=O)Cn2nc(C(F)F)c3c2C2CC2CC3)ccc1F. The molecule has 1 saturated carbocycles. The number of H-pyrrole nitrogens is 1. The number of thiazole rings is 1. The van der Waals surface area contributed by atoms with E-state index in [9.17, 15) is 31.5 Å². The molecule has 12 nitrogen and oxygen atoms in total. The van der Waals surface area contributed by atoms with Gasteiger partial charge in [0.25, 0.3) is 12.3 Å². The number of primary amides is 1. The van der Waals surface area contributed by atoms with Crippen molar-refractivity contribution < 1.29 is 31.5 Å². The number of carbonyl (C=O) groups is 2. The van der Waals surface area contributed by atoms with Crippen LogP contribution in [0, 0.1) is 23.4 Å². The standard InChI is InChI=1S/C45H39F5N10O2S/c46-27-15-23(16-28(47)20-27)17-35(54-37(61)22-60-40-30(39(57-60)41(49)50)7-3-26-18-32(26)40)38-31(25-4-8-34(48)33(19-25)42(51)62)21-36-44(55-38)56-45(63-36)59-13-11-58(12-14-59)29-5-1-24(2-6-29)43-52-9-10-53-43/h1-2,4-6,8-10,15-16,19-21,26,32,35,41H,3,7,11-14,17-18,22H2,(H2,51,62)(H,52,53)(H,54,61). The third-order valence-electron chi connectivity index (χ3n) is 12.2. The van der Waals surface area contributed by atoms with Crippen molar-refractivity contribution in [2.75, 3.05) is 36.0 Å². The molecule has 10 rings (SSSR count). The number of anilines is 2. The van der Waals surface area contributed by atoms with Gasteiger partial charge in [-0.1, -0.05) is 17.4 Å². The average Bonchev–Trinajstić information content (AvgIpc) is 3.55. The number of rotatable bonds is 12. The van der Waals surface area contributed by atoms with Crippen molar-refractivity contribution in [1.82, 2.24) is 35.0 Å². The molecule has 2 aliphatic carbocycles. The second-order valence-corrected chi connectivity index (χ2v) is 17.2. The summed E-state index contributed by atoms with van der Waals surface area (Å²) in [6, 6.07) is 15.7. The lowest BCUT2D eigenvalue weighted by Crippen LogP contribution is -2.46. The largest absolute Gasteiger partial charge is 0.368 e. The fourth-order valence-electron chi connectivity index (χ4n) is 9.08. The summed E-state index contributed by atoms with van der Waals surface area (Å²) in [5.74, 6) is -2.92. The Kier molecular flexibility index (Phi) is 10.4. The number of nitrogens with zero attached hydrogens (tertiary/aromatic N) is 7. The number of fused-ring (bicyclic) bond motifs is 4. The maximum atomic E-state index is 14.9. The molecular weight excluding hydrogens is 840 g/mol. The third-order valence-corrected chi connectivity index (χ3v) is 13.2. The molecule has 4 aromatic heterocycles. The highest BCUT2D eigenvalue weighted by Gasteiger charge is 2.47. The van der Waals surface area contributed by atoms with Gasteiger partial charge in [-0.2, -0.15) is 10.1 Å². The topological polar surface area (TPSA) is 151 Å². The minimum atomic E-state index is -2.81. The molecule has 5 heterocycles. The van der Waals surface area contributed by atoms with E-state index in [2.05, 4.69) is 42.3 Å². The Bertz CT molecular complexity index is 2860. The van der Waals surface area contributed by atoms with Crippen LogP contribution in [0.1, 0.15) is 69.8 Å². The van der Waals surface area contributed by atoms with Gasteiger partial charge < -0.3 is 25.8 Å². The molecule has 2 fully saturated rings. The number of pyridine rings is 1. The number of amides is 2. The van der Waals surface area contributed by atoms with E-state index in [4.69, 9.17) is 15.7 Å². The first-order chi connectivity index (χ1) is 30.4. The normalized spacial score (nSPS) is 17.5. The molecule has 0 bridgehead atoms. The van der Waals surface area contributed by atoms with Crippen LogP contribution in [-0.2, 0) is 24.2 Å². The zero-order valence-corrected chi connectivity index (χ0v) is 34.3. The van der Waals surface area contributed by atoms with E-state index < -0.39 is 48.3 Å². The highest BCUT2D eigenvalue weighted by Crippen LogP contribution is 2.55.